The van der Waals surface area contributed by atoms with E-state index in [1.807, 2.05) is 37.4 Å². The Balaban J connectivity index is 2.10. The molecule has 2 rings (SSSR count). The summed E-state index contributed by atoms with van der Waals surface area (Å²) in [6.07, 6.45) is 0.504. The van der Waals surface area contributed by atoms with Gasteiger partial charge in [0, 0.05) is 26.7 Å². The van der Waals surface area contributed by atoms with Gasteiger partial charge in [-0.2, -0.15) is 0 Å². The summed E-state index contributed by atoms with van der Waals surface area (Å²) in [5.41, 5.74) is 0.905. The molecular formula is C14H20N2O2. The molecule has 2 atom stereocenters. The third-order valence-corrected chi connectivity index (χ3v) is 3.49. The van der Waals surface area contributed by atoms with E-state index in [1.54, 1.807) is 12.0 Å². The Morgan fingerprint density at radius 1 is 1.44 bits per heavy atom. The molecular weight excluding hydrogens is 228 g/mol. The van der Waals surface area contributed by atoms with E-state index in [2.05, 4.69) is 5.32 Å². The van der Waals surface area contributed by atoms with Crippen LogP contribution in [0.3, 0.4) is 0 Å². The molecule has 0 spiro atoms. The van der Waals surface area contributed by atoms with Gasteiger partial charge < -0.3 is 15.0 Å². The highest BCUT2D eigenvalue weighted by Gasteiger charge is 2.29. The van der Waals surface area contributed by atoms with E-state index in [4.69, 9.17) is 4.74 Å². The summed E-state index contributed by atoms with van der Waals surface area (Å²) in [6, 6.07) is 9.90. The second-order valence-corrected chi connectivity index (χ2v) is 4.62. The van der Waals surface area contributed by atoms with Crippen LogP contribution in [0.1, 0.15) is 18.1 Å². The lowest BCUT2D eigenvalue weighted by Gasteiger charge is -2.27. The van der Waals surface area contributed by atoms with Crippen molar-refractivity contribution < 1.29 is 9.53 Å². The molecule has 4 nitrogen and oxygen atoms in total. The van der Waals surface area contributed by atoms with Crippen LogP contribution in [0.5, 0.6) is 0 Å². The fraction of sp³-hybridized carbons (Fsp3) is 0.500. The normalized spacial score (nSPS) is 20.7. The predicted octanol–water partition coefficient (Wildman–Crippen LogP) is 1.19. The summed E-state index contributed by atoms with van der Waals surface area (Å²) in [5, 5.41) is 3.27. The average molecular weight is 248 g/mol. The number of nitrogens with one attached hydrogen (secondary N) is 1. The van der Waals surface area contributed by atoms with E-state index in [0.717, 1.165) is 25.1 Å². The molecule has 1 N–H and O–H groups in total. The largest absolute Gasteiger partial charge is 0.367 e. The van der Waals surface area contributed by atoms with E-state index in [9.17, 15) is 4.79 Å². The maximum Gasteiger partial charge on any atom is 0.256 e. The Kier molecular flexibility index (Phi) is 4.33. The number of amides is 1. The maximum atomic E-state index is 12.4. The molecule has 1 aliphatic rings. The first-order chi connectivity index (χ1) is 8.74. The Bertz CT molecular complexity index is 388. The lowest BCUT2D eigenvalue weighted by atomic mass is 10.1. The van der Waals surface area contributed by atoms with E-state index in [-0.39, 0.29) is 11.9 Å². The van der Waals surface area contributed by atoms with Crippen LogP contribution < -0.4 is 5.32 Å². The van der Waals surface area contributed by atoms with Gasteiger partial charge in [0.15, 0.2) is 6.10 Å². The molecule has 0 aromatic heterocycles. The van der Waals surface area contributed by atoms with Crippen molar-refractivity contribution in [1.29, 1.82) is 0 Å². The van der Waals surface area contributed by atoms with Gasteiger partial charge in [0.05, 0.1) is 0 Å². The Morgan fingerprint density at radius 3 is 2.72 bits per heavy atom. The van der Waals surface area contributed by atoms with Crippen molar-refractivity contribution >= 4 is 5.91 Å². The van der Waals surface area contributed by atoms with Crippen molar-refractivity contribution in [1.82, 2.24) is 10.2 Å². The number of methoxy groups -OCH3 is 1. The lowest BCUT2D eigenvalue weighted by molar-refractivity contribution is -0.142. The zero-order valence-corrected chi connectivity index (χ0v) is 10.9. The molecule has 1 fully saturated rings. The molecule has 4 heteroatoms. The summed E-state index contributed by atoms with van der Waals surface area (Å²) in [5.74, 6) is 0.0254. The summed E-state index contributed by atoms with van der Waals surface area (Å²) >= 11 is 0. The molecule has 1 aromatic carbocycles. The standard InChI is InChI=1S/C14H20N2O2/c1-16(12-8-9-15-10-12)14(17)13(18-2)11-6-4-3-5-7-11/h3-7,12-13,15H,8-10H2,1-2H3. The molecule has 0 radical (unpaired) electrons. The molecule has 18 heavy (non-hydrogen) atoms. The van der Waals surface area contributed by atoms with Crippen LogP contribution in [-0.4, -0.2) is 44.1 Å². The first kappa shape index (κ1) is 13.1. The fourth-order valence-corrected chi connectivity index (χ4v) is 2.34. The summed E-state index contributed by atoms with van der Waals surface area (Å²) in [4.78, 5) is 14.2. The lowest BCUT2D eigenvalue weighted by Crippen LogP contribution is -2.41. The molecule has 0 bridgehead atoms. The van der Waals surface area contributed by atoms with Crippen LogP contribution in [0.4, 0.5) is 0 Å². The highest BCUT2D eigenvalue weighted by molar-refractivity contribution is 5.82. The van der Waals surface area contributed by atoms with Gasteiger partial charge >= 0.3 is 0 Å². The minimum Gasteiger partial charge on any atom is -0.367 e. The Morgan fingerprint density at radius 2 is 2.17 bits per heavy atom. The highest BCUT2D eigenvalue weighted by Crippen LogP contribution is 2.20. The zero-order valence-electron chi connectivity index (χ0n) is 10.9. The van der Waals surface area contributed by atoms with Crippen molar-refractivity contribution in [3.05, 3.63) is 35.9 Å². The number of hydrogen-bond acceptors (Lipinski definition) is 3. The maximum absolute atomic E-state index is 12.4. The number of benzene rings is 1. The topological polar surface area (TPSA) is 41.6 Å². The van der Waals surface area contributed by atoms with Crippen molar-refractivity contribution in [3.63, 3.8) is 0 Å². The number of carbonyl (C=O) groups is 1. The SMILES string of the molecule is COC(C(=O)N(C)C1CCNC1)c1ccccc1. The second-order valence-electron chi connectivity index (χ2n) is 4.62. The third-order valence-electron chi connectivity index (χ3n) is 3.49. The number of ether oxygens (including phenoxy) is 1. The Hall–Kier alpha value is -1.39. The molecule has 0 saturated carbocycles. The summed E-state index contributed by atoms with van der Waals surface area (Å²) < 4.78 is 5.37. The summed E-state index contributed by atoms with van der Waals surface area (Å²) in [7, 11) is 3.44. The smallest absolute Gasteiger partial charge is 0.256 e. The molecule has 1 aliphatic heterocycles. The van der Waals surface area contributed by atoms with E-state index >= 15 is 0 Å². The first-order valence-corrected chi connectivity index (χ1v) is 6.29. The number of nitrogens with zero attached hydrogens (tertiary/aromatic N) is 1. The van der Waals surface area contributed by atoms with Crippen molar-refractivity contribution in [2.24, 2.45) is 0 Å². The minimum atomic E-state index is -0.503. The van der Waals surface area contributed by atoms with Gasteiger partial charge in [0.25, 0.3) is 5.91 Å². The molecule has 1 saturated heterocycles. The number of carbonyl (C=O) groups excluding carboxylic acids is 1. The molecule has 1 aromatic rings. The van der Waals surface area contributed by atoms with E-state index in [0.29, 0.717) is 0 Å². The van der Waals surface area contributed by atoms with Crippen molar-refractivity contribution in [2.45, 2.75) is 18.6 Å². The van der Waals surface area contributed by atoms with Crippen LogP contribution in [-0.2, 0) is 9.53 Å². The molecule has 0 aliphatic carbocycles. The van der Waals surface area contributed by atoms with Gasteiger partial charge in [-0.3, -0.25) is 4.79 Å². The van der Waals surface area contributed by atoms with Gasteiger partial charge in [-0.25, -0.2) is 0 Å². The minimum absolute atomic E-state index is 0.0254. The van der Waals surface area contributed by atoms with Crippen LogP contribution in [0.2, 0.25) is 0 Å². The predicted molar refractivity (Wildman–Crippen MR) is 70.2 cm³/mol. The molecule has 2 unspecified atom stereocenters. The van der Waals surface area contributed by atoms with Gasteiger partial charge in [-0.05, 0) is 18.5 Å². The zero-order chi connectivity index (χ0) is 13.0. The monoisotopic (exact) mass is 248 g/mol. The second kappa shape index (κ2) is 5.98. The quantitative estimate of drug-likeness (QED) is 0.870. The number of likely N-dealkylation sites (N-methyl/N-ethyl adjacent to an activating group) is 1. The fourth-order valence-electron chi connectivity index (χ4n) is 2.34. The van der Waals surface area contributed by atoms with Crippen molar-refractivity contribution in [2.75, 3.05) is 27.2 Å². The highest BCUT2D eigenvalue weighted by atomic mass is 16.5. The van der Waals surface area contributed by atoms with Crippen molar-refractivity contribution in [3.8, 4) is 0 Å². The third kappa shape index (κ3) is 2.71. The summed E-state index contributed by atoms with van der Waals surface area (Å²) in [6.45, 7) is 1.85. The van der Waals surface area contributed by atoms with Crippen LogP contribution >= 0.6 is 0 Å². The van der Waals surface area contributed by atoms with Crippen LogP contribution in [0.25, 0.3) is 0 Å². The Labute approximate surface area is 108 Å². The molecule has 1 heterocycles. The van der Waals surface area contributed by atoms with Gasteiger partial charge in [0.1, 0.15) is 0 Å². The van der Waals surface area contributed by atoms with Gasteiger partial charge in [-0.15, -0.1) is 0 Å². The first-order valence-electron chi connectivity index (χ1n) is 6.29. The molecule has 98 valence electrons. The van der Waals surface area contributed by atoms with Crippen LogP contribution in [0.15, 0.2) is 30.3 Å². The number of hydrogen-bond donors (Lipinski definition) is 1. The van der Waals surface area contributed by atoms with E-state index in [1.165, 1.54) is 0 Å². The number of rotatable bonds is 4. The van der Waals surface area contributed by atoms with Crippen LogP contribution in [0, 0.1) is 0 Å². The molecule has 1 amide bonds. The van der Waals surface area contributed by atoms with E-state index < -0.39 is 6.10 Å². The van der Waals surface area contributed by atoms with Gasteiger partial charge in [-0.1, -0.05) is 30.3 Å². The van der Waals surface area contributed by atoms with Gasteiger partial charge in [0.2, 0.25) is 0 Å². The average Bonchev–Trinajstić information content (AvgIpc) is 2.94.